The molecule has 98 valence electrons. The van der Waals surface area contributed by atoms with Gasteiger partial charge < -0.3 is 0 Å². The molecule has 2 atom stereocenters. The lowest BCUT2D eigenvalue weighted by Crippen LogP contribution is -2.50. The van der Waals surface area contributed by atoms with Gasteiger partial charge in [0, 0.05) is 25.7 Å². The Morgan fingerprint density at radius 3 is 2.71 bits per heavy atom. The van der Waals surface area contributed by atoms with E-state index in [-0.39, 0.29) is 18.5 Å². The fourth-order valence-electron chi connectivity index (χ4n) is 2.07. The molecular formula is C11H21N3O2S. The summed E-state index contributed by atoms with van der Waals surface area (Å²) in [5, 5.41) is 8.63. The van der Waals surface area contributed by atoms with E-state index in [0.29, 0.717) is 6.54 Å². The van der Waals surface area contributed by atoms with Crippen molar-refractivity contribution in [2.45, 2.75) is 51.6 Å². The van der Waals surface area contributed by atoms with Gasteiger partial charge in [0.15, 0.2) is 0 Å². The van der Waals surface area contributed by atoms with Crippen LogP contribution in [0.15, 0.2) is 0 Å². The molecule has 0 bridgehead atoms. The first kappa shape index (κ1) is 14.4. The summed E-state index contributed by atoms with van der Waals surface area (Å²) < 4.78 is 27.6. The van der Waals surface area contributed by atoms with Crippen LogP contribution in [-0.4, -0.2) is 42.7 Å². The van der Waals surface area contributed by atoms with E-state index in [9.17, 15) is 8.42 Å². The number of nitrogens with zero attached hydrogens (tertiary/aromatic N) is 3. The molecule has 0 aromatic rings. The van der Waals surface area contributed by atoms with Crippen molar-refractivity contribution in [1.82, 2.24) is 8.61 Å². The van der Waals surface area contributed by atoms with Crippen LogP contribution >= 0.6 is 0 Å². The zero-order chi connectivity index (χ0) is 13.1. The van der Waals surface area contributed by atoms with Crippen LogP contribution < -0.4 is 0 Å². The normalized spacial score (nSPS) is 24.5. The highest BCUT2D eigenvalue weighted by Crippen LogP contribution is 2.22. The van der Waals surface area contributed by atoms with Gasteiger partial charge >= 0.3 is 0 Å². The molecule has 0 amide bonds. The summed E-state index contributed by atoms with van der Waals surface area (Å²) in [5.74, 6) is 0. The second kappa shape index (κ2) is 5.80. The standard InChI is InChI=1S/C11H21N3O2S/c1-10(7-8-12)13(3)17(15,16)14-9-5-4-6-11(14)2/h10-11H,4-7,9H2,1-3H3. The summed E-state index contributed by atoms with van der Waals surface area (Å²) in [5.41, 5.74) is 0. The van der Waals surface area contributed by atoms with E-state index < -0.39 is 10.2 Å². The summed E-state index contributed by atoms with van der Waals surface area (Å²) >= 11 is 0. The van der Waals surface area contributed by atoms with E-state index >= 15 is 0 Å². The first-order valence-electron chi connectivity index (χ1n) is 6.03. The molecule has 0 spiro atoms. The van der Waals surface area contributed by atoms with E-state index in [1.54, 1.807) is 18.3 Å². The van der Waals surface area contributed by atoms with E-state index in [1.807, 2.05) is 13.0 Å². The first-order chi connectivity index (χ1) is 7.91. The molecule has 0 radical (unpaired) electrons. The van der Waals surface area contributed by atoms with E-state index in [2.05, 4.69) is 0 Å². The Balaban J connectivity index is 2.83. The number of hydrogen-bond donors (Lipinski definition) is 0. The third-order valence-corrected chi connectivity index (χ3v) is 5.63. The fourth-order valence-corrected chi connectivity index (χ4v) is 3.85. The Morgan fingerprint density at radius 2 is 2.18 bits per heavy atom. The van der Waals surface area contributed by atoms with Crippen LogP contribution in [0.4, 0.5) is 0 Å². The monoisotopic (exact) mass is 259 g/mol. The van der Waals surface area contributed by atoms with Gasteiger partial charge in [-0.25, -0.2) is 0 Å². The van der Waals surface area contributed by atoms with Crippen molar-refractivity contribution in [2.75, 3.05) is 13.6 Å². The molecule has 1 saturated heterocycles. The summed E-state index contributed by atoms with van der Waals surface area (Å²) in [6.45, 7) is 4.29. The van der Waals surface area contributed by atoms with Crippen molar-refractivity contribution in [3.05, 3.63) is 0 Å². The minimum atomic E-state index is -3.42. The molecule has 0 aromatic carbocycles. The molecule has 1 fully saturated rings. The lowest BCUT2D eigenvalue weighted by atomic mass is 10.1. The van der Waals surface area contributed by atoms with Crippen LogP contribution in [-0.2, 0) is 10.2 Å². The van der Waals surface area contributed by atoms with Gasteiger partial charge in [-0.15, -0.1) is 0 Å². The highest BCUT2D eigenvalue weighted by atomic mass is 32.2. The summed E-state index contributed by atoms with van der Waals surface area (Å²) in [6, 6.07) is 1.79. The van der Waals surface area contributed by atoms with Gasteiger partial charge in [-0.2, -0.15) is 22.3 Å². The van der Waals surface area contributed by atoms with Gasteiger partial charge in [-0.3, -0.25) is 0 Å². The van der Waals surface area contributed by atoms with Crippen molar-refractivity contribution in [3.8, 4) is 6.07 Å². The highest BCUT2D eigenvalue weighted by Gasteiger charge is 2.34. The highest BCUT2D eigenvalue weighted by molar-refractivity contribution is 7.86. The molecule has 1 aliphatic rings. The third-order valence-electron chi connectivity index (χ3n) is 3.41. The lowest BCUT2D eigenvalue weighted by Gasteiger charge is -2.36. The second-order valence-electron chi connectivity index (χ2n) is 4.69. The first-order valence-corrected chi connectivity index (χ1v) is 7.42. The average molecular weight is 259 g/mol. The Labute approximate surface area is 104 Å². The summed E-state index contributed by atoms with van der Waals surface area (Å²) in [4.78, 5) is 0. The zero-order valence-electron chi connectivity index (χ0n) is 10.8. The second-order valence-corrected chi connectivity index (χ2v) is 6.63. The minimum Gasteiger partial charge on any atom is -0.198 e. The quantitative estimate of drug-likeness (QED) is 0.765. The molecule has 5 nitrogen and oxygen atoms in total. The van der Waals surface area contributed by atoms with E-state index in [4.69, 9.17) is 5.26 Å². The Hall–Kier alpha value is -0.640. The van der Waals surface area contributed by atoms with Crippen LogP contribution in [0.5, 0.6) is 0 Å². The van der Waals surface area contributed by atoms with Gasteiger partial charge in [0.2, 0.25) is 0 Å². The maximum absolute atomic E-state index is 12.4. The Bertz CT molecular complexity index is 388. The number of hydrogen-bond acceptors (Lipinski definition) is 3. The number of piperidine rings is 1. The molecule has 17 heavy (non-hydrogen) atoms. The third kappa shape index (κ3) is 3.18. The topological polar surface area (TPSA) is 64.4 Å². The smallest absolute Gasteiger partial charge is 0.198 e. The summed E-state index contributed by atoms with van der Waals surface area (Å²) in [7, 11) is -1.86. The Morgan fingerprint density at radius 1 is 1.53 bits per heavy atom. The van der Waals surface area contributed by atoms with E-state index in [0.717, 1.165) is 19.3 Å². The molecular weight excluding hydrogens is 238 g/mol. The van der Waals surface area contributed by atoms with Gasteiger partial charge in [-0.1, -0.05) is 6.42 Å². The van der Waals surface area contributed by atoms with E-state index in [1.165, 1.54) is 4.31 Å². The molecule has 0 N–H and O–H groups in total. The van der Waals surface area contributed by atoms with Crippen molar-refractivity contribution < 1.29 is 8.42 Å². The molecule has 0 saturated carbocycles. The van der Waals surface area contributed by atoms with Gasteiger partial charge in [0.1, 0.15) is 0 Å². The van der Waals surface area contributed by atoms with Crippen molar-refractivity contribution in [3.63, 3.8) is 0 Å². The van der Waals surface area contributed by atoms with Crippen molar-refractivity contribution in [1.29, 1.82) is 5.26 Å². The fraction of sp³-hybridized carbons (Fsp3) is 0.909. The molecule has 6 heteroatoms. The minimum absolute atomic E-state index is 0.0606. The van der Waals surface area contributed by atoms with Crippen molar-refractivity contribution in [2.24, 2.45) is 0 Å². The van der Waals surface area contributed by atoms with Crippen LogP contribution in [0.25, 0.3) is 0 Å². The number of rotatable bonds is 4. The largest absolute Gasteiger partial charge is 0.282 e. The lowest BCUT2D eigenvalue weighted by molar-refractivity contribution is 0.241. The molecule has 1 aliphatic heterocycles. The van der Waals surface area contributed by atoms with Crippen molar-refractivity contribution >= 4 is 10.2 Å². The van der Waals surface area contributed by atoms with Crippen LogP contribution in [0.1, 0.15) is 39.5 Å². The van der Waals surface area contributed by atoms with Gasteiger partial charge in [0.05, 0.1) is 12.5 Å². The Kier molecular flexibility index (Phi) is 4.92. The van der Waals surface area contributed by atoms with Crippen LogP contribution in [0.3, 0.4) is 0 Å². The molecule has 0 aromatic heterocycles. The van der Waals surface area contributed by atoms with Crippen LogP contribution in [0, 0.1) is 11.3 Å². The molecule has 1 heterocycles. The average Bonchev–Trinajstić information content (AvgIpc) is 2.28. The predicted octanol–water partition coefficient (Wildman–Crippen LogP) is 1.34. The van der Waals surface area contributed by atoms with Gasteiger partial charge in [0.25, 0.3) is 10.2 Å². The number of nitriles is 1. The molecule has 0 aliphatic carbocycles. The molecule has 2 unspecified atom stereocenters. The molecule has 1 rings (SSSR count). The summed E-state index contributed by atoms with van der Waals surface area (Å²) in [6.07, 6.45) is 3.15. The predicted molar refractivity (Wildman–Crippen MR) is 66.4 cm³/mol. The SMILES string of the molecule is CC(CC#N)N(C)S(=O)(=O)N1CCCCC1C. The maximum atomic E-state index is 12.4. The van der Waals surface area contributed by atoms with Gasteiger partial charge in [-0.05, 0) is 26.7 Å². The maximum Gasteiger partial charge on any atom is 0.282 e. The van der Waals surface area contributed by atoms with Crippen LogP contribution in [0.2, 0.25) is 0 Å². The zero-order valence-corrected chi connectivity index (χ0v) is 11.6.